The van der Waals surface area contributed by atoms with Crippen molar-refractivity contribution in [1.82, 2.24) is 16.1 Å². The van der Waals surface area contributed by atoms with Crippen molar-refractivity contribution in [3.05, 3.63) is 65.7 Å². The van der Waals surface area contributed by atoms with E-state index < -0.39 is 0 Å². The molecule has 2 aliphatic heterocycles. The van der Waals surface area contributed by atoms with Gasteiger partial charge in [-0.25, -0.2) is 14.2 Å². The van der Waals surface area contributed by atoms with Crippen molar-refractivity contribution in [2.75, 3.05) is 11.6 Å². The number of carbonyl (C=O) groups excluding carboxylic acids is 1. The zero-order chi connectivity index (χ0) is 18.1. The number of halogens is 2. The van der Waals surface area contributed by atoms with Gasteiger partial charge in [0.15, 0.2) is 0 Å². The number of carbonyl (C=O) groups is 1. The van der Waals surface area contributed by atoms with Gasteiger partial charge in [-0.3, -0.25) is 15.1 Å². The summed E-state index contributed by atoms with van der Waals surface area (Å²) in [6.45, 7) is 0.510. The SMILES string of the molecule is O=C1NC(SCc2ccc(F)cc2)NC2C1CNN2c1ccc(F)cc1. The minimum Gasteiger partial charge on any atom is -0.331 e. The Kier molecular flexibility index (Phi) is 4.80. The van der Waals surface area contributed by atoms with Crippen LogP contribution in [0.3, 0.4) is 0 Å². The highest BCUT2D eigenvalue weighted by atomic mass is 32.2. The molecule has 2 aromatic rings. The van der Waals surface area contributed by atoms with Crippen molar-refractivity contribution in [2.45, 2.75) is 17.4 Å². The Balaban J connectivity index is 1.44. The molecule has 3 N–H and O–H groups in total. The maximum absolute atomic E-state index is 13.2. The first-order chi connectivity index (χ1) is 12.6. The Morgan fingerprint density at radius 2 is 1.69 bits per heavy atom. The first-order valence-electron chi connectivity index (χ1n) is 8.31. The average Bonchev–Trinajstić information content (AvgIpc) is 3.06. The number of nitrogens with one attached hydrogen (secondary N) is 3. The Hall–Kier alpha value is -2.16. The Labute approximate surface area is 154 Å². The molecular weight excluding hydrogens is 358 g/mol. The van der Waals surface area contributed by atoms with Crippen LogP contribution < -0.4 is 21.1 Å². The van der Waals surface area contributed by atoms with Crippen LogP contribution >= 0.6 is 11.8 Å². The number of nitrogens with zero attached hydrogens (tertiary/aromatic N) is 1. The summed E-state index contributed by atoms with van der Waals surface area (Å²) in [6.07, 6.45) is -0.222. The molecule has 136 valence electrons. The minimum absolute atomic E-state index is 0.0255. The second kappa shape index (κ2) is 7.22. The highest BCUT2D eigenvalue weighted by molar-refractivity contribution is 7.99. The summed E-state index contributed by atoms with van der Waals surface area (Å²) in [4.78, 5) is 12.4. The molecule has 2 saturated heterocycles. The number of hydrogen-bond donors (Lipinski definition) is 3. The van der Waals surface area contributed by atoms with Crippen LogP contribution in [0, 0.1) is 17.6 Å². The fourth-order valence-corrected chi connectivity index (χ4v) is 4.14. The molecule has 2 heterocycles. The van der Waals surface area contributed by atoms with Crippen molar-refractivity contribution in [2.24, 2.45) is 5.92 Å². The zero-order valence-electron chi connectivity index (χ0n) is 13.8. The minimum atomic E-state index is -0.299. The van der Waals surface area contributed by atoms with Gasteiger partial charge in [-0.15, -0.1) is 11.8 Å². The lowest BCUT2D eigenvalue weighted by molar-refractivity contribution is -0.127. The molecule has 4 rings (SSSR count). The number of rotatable bonds is 4. The third kappa shape index (κ3) is 3.53. The number of fused-ring (bicyclic) bond motifs is 1. The Morgan fingerprint density at radius 1 is 1.04 bits per heavy atom. The number of hydrogen-bond acceptors (Lipinski definition) is 5. The van der Waals surface area contributed by atoms with Crippen LogP contribution in [0.4, 0.5) is 14.5 Å². The van der Waals surface area contributed by atoms with E-state index in [0.717, 1.165) is 11.3 Å². The first-order valence-corrected chi connectivity index (χ1v) is 9.36. The largest absolute Gasteiger partial charge is 0.331 e. The van der Waals surface area contributed by atoms with Gasteiger partial charge in [-0.2, -0.15) is 0 Å². The Morgan fingerprint density at radius 3 is 2.38 bits per heavy atom. The molecule has 0 aliphatic carbocycles. The lowest BCUT2D eigenvalue weighted by Gasteiger charge is -2.37. The molecule has 2 aromatic carbocycles. The van der Waals surface area contributed by atoms with Crippen molar-refractivity contribution in [1.29, 1.82) is 0 Å². The average molecular weight is 376 g/mol. The molecule has 0 saturated carbocycles. The van der Waals surface area contributed by atoms with E-state index in [1.807, 2.05) is 5.01 Å². The van der Waals surface area contributed by atoms with Crippen LogP contribution in [0.15, 0.2) is 48.5 Å². The van der Waals surface area contributed by atoms with Crippen LogP contribution in [0.5, 0.6) is 0 Å². The van der Waals surface area contributed by atoms with Gasteiger partial charge in [0.1, 0.15) is 23.3 Å². The lowest BCUT2D eigenvalue weighted by atomic mass is 10.1. The van der Waals surface area contributed by atoms with Crippen molar-refractivity contribution in [3.8, 4) is 0 Å². The molecule has 2 fully saturated rings. The van der Waals surface area contributed by atoms with E-state index in [9.17, 15) is 13.6 Å². The summed E-state index contributed by atoms with van der Waals surface area (Å²) in [5.41, 5.74) is 4.71. The molecule has 2 aliphatic rings. The topological polar surface area (TPSA) is 56.4 Å². The van der Waals surface area contributed by atoms with E-state index in [4.69, 9.17) is 0 Å². The molecular formula is C18H18F2N4OS. The van der Waals surface area contributed by atoms with Gasteiger partial charge in [-0.05, 0) is 42.0 Å². The summed E-state index contributed by atoms with van der Waals surface area (Å²) >= 11 is 1.53. The molecule has 0 radical (unpaired) electrons. The summed E-state index contributed by atoms with van der Waals surface area (Å²) in [5.74, 6) is -0.186. The quantitative estimate of drug-likeness (QED) is 0.764. The van der Waals surface area contributed by atoms with Crippen LogP contribution in [0.25, 0.3) is 0 Å². The van der Waals surface area contributed by atoms with E-state index >= 15 is 0 Å². The second-order valence-corrected chi connectivity index (χ2v) is 7.35. The van der Waals surface area contributed by atoms with Crippen molar-refractivity contribution < 1.29 is 13.6 Å². The molecule has 0 bridgehead atoms. The summed E-state index contributed by atoms with van der Waals surface area (Å²) in [7, 11) is 0. The van der Waals surface area contributed by atoms with Crippen molar-refractivity contribution in [3.63, 3.8) is 0 Å². The number of benzene rings is 2. The van der Waals surface area contributed by atoms with E-state index in [2.05, 4.69) is 16.1 Å². The monoisotopic (exact) mass is 376 g/mol. The van der Waals surface area contributed by atoms with Gasteiger partial charge in [0, 0.05) is 12.3 Å². The third-order valence-electron chi connectivity index (χ3n) is 4.51. The van der Waals surface area contributed by atoms with Crippen LogP contribution in [0.1, 0.15) is 5.56 Å². The van der Waals surface area contributed by atoms with Gasteiger partial charge in [-0.1, -0.05) is 12.1 Å². The lowest BCUT2D eigenvalue weighted by Crippen LogP contribution is -2.63. The Bertz CT molecular complexity index is 787. The third-order valence-corrected chi connectivity index (χ3v) is 5.60. The molecule has 3 atom stereocenters. The number of thioether (sulfide) groups is 1. The molecule has 5 nitrogen and oxygen atoms in total. The van der Waals surface area contributed by atoms with Crippen LogP contribution in [0.2, 0.25) is 0 Å². The fraction of sp³-hybridized carbons (Fsp3) is 0.278. The highest BCUT2D eigenvalue weighted by Crippen LogP contribution is 2.28. The van der Waals surface area contributed by atoms with E-state index in [-0.39, 0.29) is 35.1 Å². The number of hydrazine groups is 1. The molecule has 0 spiro atoms. The zero-order valence-corrected chi connectivity index (χ0v) is 14.6. The van der Waals surface area contributed by atoms with Gasteiger partial charge in [0.25, 0.3) is 0 Å². The smallest absolute Gasteiger partial charge is 0.229 e. The summed E-state index contributed by atoms with van der Waals surface area (Å²) in [6, 6.07) is 12.5. The van der Waals surface area contributed by atoms with Crippen molar-refractivity contribution >= 4 is 23.4 Å². The summed E-state index contributed by atoms with van der Waals surface area (Å²) < 4.78 is 26.2. The second-order valence-electron chi connectivity index (χ2n) is 6.25. The summed E-state index contributed by atoms with van der Waals surface area (Å²) in [5, 5.41) is 8.25. The van der Waals surface area contributed by atoms with E-state index in [0.29, 0.717) is 12.3 Å². The number of amides is 1. The van der Waals surface area contributed by atoms with E-state index in [1.54, 1.807) is 24.3 Å². The predicted octanol–water partition coefficient (Wildman–Crippen LogP) is 2.17. The molecule has 26 heavy (non-hydrogen) atoms. The standard InChI is InChI=1S/C18H18F2N4OS/c19-12-3-1-11(2-4-12)10-26-18-22-16-15(17(25)23-18)9-21-24(16)14-7-5-13(20)6-8-14/h1-8,15-16,18,21-22H,9-10H2,(H,23,25). The molecule has 0 aromatic heterocycles. The maximum atomic E-state index is 13.2. The van der Waals surface area contributed by atoms with Crippen LogP contribution in [-0.2, 0) is 10.5 Å². The van der Waals surface area contributed by atoms with Gasteiger partial charge >= 0.3 is 0 Å². The van der Waals surface area contributed by atoms with Gasteiger partial charge in [0.2, 0.25) is 5.91 Å². The normalized spacial score (nSPS) is 25.1. The number of anilines is 1. The molecule has 8 heteroatoms. The van der Waals surface area contributed by atoms with E-state index in [1.165, 1.54) is 36.0 Å². The molecule has 1 amide bonds. The van der Waals surface area contributed by atoms with Gasteiger partial charge in [0.05, 0.1) is 11.6 Å². The predicted molar refractivity (Wildman–Crippen MR) is 96.9 cm³/mol. The highest BCUT2D eigenvalue weighted by Gasteiger charge is 2.44. The van der Waals surface area contributed by atoms with Crippen LogP contribution in [-0.4, -0.2) is 24.1 Å². The fourth-order valence-electron chi connectivity index (χ4n) is 3.15. The molecule has 3 unspecified atom stereocenters. The maximum Gasteiger partial charge on any atom is 0.229 e. The van der Waals surface area contributed by atoms with Gasteiger partial charge < -0.3 is 5.32 Å². The first kappa shape index (κ1) is 17.3.